The minimum Gasteiger partial charge on any atom is -0.300 e. The van der Waals surface area contributed by atoms with Gasteiger partial charge in [0.1, 0.15) is 5.78 Å². The molecule has 1 aliphatic rings. The first kappa shape index (κ1) is 8.88. The van der Waals surface area contributed by atoms with Gasteiger partial charge in [0.05, 0.1) is 5.69 Å². The second kappa shape index (κ2) is 3.58. The molecule has 0 radical (unpaired) electrons. The monoisotopic (exact) mass is 239 g/mol. The number of aromatic nitrogens is 1. The van der Waals surface area contributed by atoms with Crippen LogP contribution in [0.15, 0.2) is 22.8 Å². The maximum Gasteiger partial charge on any atom is 0.133 e. The van der Waals surface area contributed by atoms with E-state index in [2.05, 4.69) is 20.9 Å². The van der Waals surface area contributed by atoms with Crippen LogP contribution in [0.4, 0.5) is 0 Å². The first-order valence-corrected chi connectivity index (χ1v) is 5.19. The highest BCUT2D eigenvalue weighted by molar-refractivity contribution is 9.10. The summed E-state index contributed by atoms with van der Waals surface area (Å²) in [6.45, 7) is 0. The quantitative estimate of drug-likeness (QED) is 0.755. The molecule has 0 aliphatic heterocycles. The zero-order valence-electron chi connectivity index (χ0n) is 7.16. The van der Waals surface area contributed by atoms with E-state index in [0.717, 1.165) is 16.6 Å². The van der Waals surface area contributed by atoms with Crippen molar-refractivity contribution in [1.29, 1.82) is 0 Å². The SMILES string of the molecule is O=C1CCC(c2ncccc2Br)C1. The Morgan fingerprint density at radius 1 is 1.54 bits per heavy atom. The normalized spacial score (nSPS) is 22.2. The summed E-state index contributed by atoms with van der Waals surface area (Å²) in [5.74, 6) is 0.700. The number of carbonyl (C=O) groups is 1. The van der Waals surface area contributed by atoms with E-state index in [4.69, 9.17) is 0 Å². The second-order valence-corrected chi connectivity index (χ2v) is 4.20. The van der Waals surface area contributed by atoms with Crippen molar-refractivity contribution in [3.8, 4) is 0 Å². The Bertz CT molecular complexity index is 337. The first-order chi connectivity index (χ1) is 6.27. The summed E-state index contributed by atoms with van der Waals surface area (Å²) in [7, 11) is 0. The van der Waals surface area contributed by atoms with Gasteiger partial charge in [-0.3, -0.25) is 9.78 Å². The largest absolute Gasteiger partial charge is 0.300 e. The van der Waals surface area contributed by atoms with E-state index in [1.165, 1.54) is 0 Å². The van der Waals surface area contributed by atoms with Crippen LogP contribution in [0.1, 0.15) is 30.9 Å². The van der Waals surface area contributed by atoms with Crippen LogP contribution in [-0.4, -0.2) is 10.8 Å². The molecule has 0 saturated heterocycles. The molecular weight excluding hydrogens is 230 g/mol. The lowest BCUT2D eigenvalue weighted by Gasteiger charge is -2.08. The van der Waals surface area contributed by atoms with Crippen LogP contribution in [0.3, 0.4) is 0 Å². The number of ketones is 1. The number of nitrogens with zero attached hydrogens (tertiary/aromatic N) is 1. The van der Waals surface area contributed by atoms with Gasteiger partial charge in [0.2, 0.25) is 0 Å². The van der Waals surface area contributed by atoms with E-state index in [9.17, 15) is 4.79 Å². The van der Waals surface area contributed by atoms with E-state index in [0.29, 0.717) is 24.5 Å². The Morgan fingerprint density at radius 3 is 3.00 bits per heavy atom. The topological polar surface area (TPSA) is 30.0 Å². The molecular formula is C10H10BrNO. The molecule has 1 saturated carbocycles. The van der Waals surface area contributed by atoms with E-state index in [1.807, 2.05) is 12.1 Å². The average Bonchev–Trinajstić information content (AvgIpc) is 2.53. The van der Waals surface area contributed by atoms with Crippen LogP contribution < -0.4 is 0 Å². The lowest BCUT2D eigenvalue weighted by Crippen LogP contribution is -1.98. The third-order valence-corrected chi connectivity index (χ3v) is 3.09. The molecule has 2 nitrogen and oxygen atoms in total. The number of halogens is 1. The Morgan fingerprint density at radius 2 is 2.38 bits per heavy atom. The smallest absolute Gasteiger partial charge is 0.133 e. The Balaban J connectivity index is 2.26. The maximum atomic E-state index is 11.1. The van der Waals surface area contributed by atoms with Gasteiger partial charge in [0.15, 0.2) is 0 Å². The maximum absolute atomic E-state index is 11.1. The molecule has 1 heterocycles. The van der Waals surface area contributed by atoms with Crippen molar-refractivity contribution in [1.82, 2.24) is 4.98 Å². The first-order valence-electron chi connectivity index (χ1n) is 4.39. The number of hydrogen-bond donors (Lipinski definition) is 0. The van der Waals surface area contributed by atoms with E-state index >= 15 is 0 Å². The minimum absolute atomic E-state index is 0.336. The van der Waals surface area contributed by atoms with Gasteiger partial charge in [0, 0.05) is 29.4 Å². The summed E-state index contributed by atoms with van der Waals surface area (Å²) in [6, 6.07) is 3.87. The highest BCUT2D eigenvalue weighted by atomic mass is 79.9. The molecule has 0 aromatic carbocycles. The van der Waals surface area contributed by atoms with Crippen LogP contribution in [0.5, 0.6) is 0 Å². The summed E-state index contributed by atoms with van der Waals surface area (Å²) in [5, 5.41) is 0. The molecule has 1 aliphatic carbocycles. The second-order valence-electron chi connectivity index (χ2n) is 3.35. The fraction of sp³-hybridized carbons (Fsp3) is 0.400. The van der Waals surface area contributed by atoms with Crippen LogP contribution >= 0.6 is 15.9 Å². The molecule has 0 bridgehead atoms. The van der Waals surface area contributed by atoms with E-state index in [-0.39, 0.29) is 0 Å². The number of hydrogen-bond acceptors (Lipinski definition) is 2. The molecule has 68 valence electrons. The van der Waals surface area contributed by atoms with Gasteiger partial charge in [-0.2, -0.15) is 0 Å². The molecule has 1 fully saturated rings. The predicted molar refractivity (Wildman–Crippen MR) is 53.5 cm³/mol. The number of pyridine rings is 1. The zero-order valence-corrected chi connectivity index (χ0v) is 8.75. The third kappa shape index (κ3) is 1.80. The van der Waals surface area contributed by atoms with Crippen LogP contribution in [0.25, 0.3) is 0 Å². The summed E-state index contributed by atoms with van der Waals surface area (Å²) in [4.78, 5) is 15.4. The summed E-state index contributed by atoms with van der Waals surface area (Å²) < 4.78 is 1.02. The molecule has 2 rings (SSSR count). The van der Waals surface area contributed by atoms with Crippen LogP contribution in [0, 0.1) is 0 Å². The van der Waals surface area contributed by atoms with Crippen molar-refractivity contribution in [2.75, 3.05) is 0 Å². The van der Waals surface area contributed by atoms with Gasteiger partial charge >= 0.3 is 0 Å². The van der Waals surface area contributed by atoms with Gasteiger partial charge in [-0.05, 0) is 34.5 Å². The molecule has 1 unspecified atom stereocenters. The van der Waals surface area contributed by atoms with Crippen LogP contribution in [0.2, 0.25) is 0 Å². The molecule has 0 N–H and O–H groups in total. The van der Waals surface area contributed by atoms with Gasteiger partial charge in [-0.25, -0.2) is 0 Å². The summed E-state index contributed by atoms with van der Waals surface area (Å²) in [5.41, 5.74) is 1.04. The van der Waals surface area contributed by atoms with Gasteiger partial charge < -0.3 is 0 Å². The third-order valence-electron chi connectivity index (χ3n) is 2.42. The van der Waals surface area contributed by atoms with Crippen LogP contribution in [-0.2, 0) is 4.79 Å². The van der Waals surface area contributed by atoms with Crippen molar-refractivity contribution in [2.45, 2.75) is 25.2 Å². The summed E-state index contributed by atoms with van der Waals surface area (Å²) >= 11 is 3.45. The Kier molecular flexibility index (Phi) is 2.44. The number of rotatable bonds is 1. The standard InChI is InChI=1S/C10H10BrNO/c11-9-2-1-5-12-10(9)7-3-4-8(13)6-7/h1-2,5,7H,3-4,6H2. The molecule has 0 amide bonds. The molecule has 1 aromatic rings. The van der Waals surface area contributed by atoms with Crippen molar-refractivity contribution in [2.24, 2.45) is 0 Å². The van der Waals surface area contributed by atoms with E-state index < -0.39 is 0 Å². The highest BCUT2D eigenvalue weighted by Gasteiger charge is 2.25. The van der Waals surface area contributed by atoms with Crippen molar-refractivity contribution in [3.63, 3.8) is 0 Å². The van der Waals surface area contributed by atoms with Gasteiger partial charge in [-0.15, -0.1) is 0 Å². The Hall–Kier alpha value is -0.700. The lowest BCUT2D eigenvalue weighted by molar-refractivity contribution is -0.117. The Labute approximate surface area is 85.5 Å². The van der Waals surface area contributed by atoms with Gasteiger partial charge in [0.25, 0.3) is 0 Å². The van der Waals surface area contributed by atoms with Gasteiger partial charge in [-0.1, -0.05) is 0 Å². The molecule has 13 heavy (non-hydrogen) atoms. The molecule has 1 atom stereocenters. The molecule has 1 aromatic heterocycles. The summed E-state index contributed by atoms with van der Waals surface area (Å²) in [6.07, 6.45) is 4.11. The lowest BCUT2D eigenvalue weighted by atomic mass is 10.0. The fourth-order valence-corrected chi connectivity index (χ4v) is 2.32. The van der Waals surface area contributed by atoms with Crippen molar-refractivity contribution < 1.29 is 4.79 Å². The number of carbonyl (C=O) groups excluding carboxylic acids is 1. The van der Waals surface area contributed by atoms with Crippen molar-refractivity contribution in [3.05, 3.63) is 28.5 Å². The molecule has 0 spiro atoms. The van der Waals surface area contributed by atoms with Crippen molar-refractivity contribution >= 4 is 21.7 Å². The minimum atomic E-state index is 0.336. The average molecular weight is 240 g/mol. The fourth-order valence-electron chi connectivity index (χ4n) is 1.75. The highest BCUT2D eigenvalue weighted by Crippen LogP contribution is 2.34. The number of Topliss-reactive ketones (excluding diaryl/α,β-unsaturated/α-hetero) is 1. The predicted octanol–water partition coefficient (Wildman–Crippen LogP) is 2.68. The van der Waals surface area contributed by atoms with E-state index in [1.54, 1.807) is 6.20 Å². The zero-order chi connectivity index (χ0) is 9.26. The molecule has 3 heteroatoms.